The lowest BCUT2D eigenvalue weighted by molar-refractivity contribution is -0.222. The molecule has 2 heterocycles. The van der Waals surface area contributed by atoms with E-state index in [4.69, 9.17) is 4.74 Å². The number of piperidine rings is 1. The van der Waals surface area contributed by atoms with Crippen molar-refractivity contribution in [1.82, 2.24) is 4.90 Å². The first-order chi connectivity index (χ1) is 15.6. The molecule has 2 aliphatic heterocycles. The molecule has 2 bridgehead atoms. The van der Waals surface area contributed by atoms with Crippen LogP contribution in [-0.4, -0.2) is 45.9 Å². The van der Waals surface area contributed by atoms with Gasteiger partial charge in [-0.1, -0.05) is 31.7 Å². The lowest BCUT2D eigenvalue weighted by atomic mass is 9.43. The number of nitrogens with zero attached hydrogens (tertiary/aromatic N) is 1. The minimum atomic E-state index is -0.723. The quantitative estimate of drug-likeness (QED) is 0.723. The van der Waals surface area contributed by atoms with Gasteiger partial charge in [-0.15, -0.1) is 0 Å². The van der Waals surface area contributed by atoms with E-state index in [2.05, 4.69) is 11.0 Å². The Morgan fingerprint density at radius 3 is 2.66 bits per heavy atom. The van der Waals surface area contributed by atoms with Gasteiger partial charge in [-0.05, 0) is 86.8 Å². The van der Waals surface area contributed by atoms with E-state index in [1.165, 1.54) is 62.5 Å². The van der Waals surface area contributed by atoms with E-state index in [-0.39, 0.29) is 23.3 Å². The first-order valence-corrected chi connectivity index (χ1v) is 13.6. The first kappa shape index (κ1) is 19.1. The van der Waals surface area contributed by atoms with Crippen molar-refractivity contribution in [3.05, 3.63) is 23.3 Å². The fourth-order valence-corrected chi connectivity index (χ4v) is 9.93. The zero-order valence-electron chi connectivity index (χ0n) is 19.1. The molecule has 32 heavy (non-hydrogen) atoms. The molecule has 1 saturated heterocycles. The summed E-state index contributed by atoms with van der Waals surface area (Å²) in [6.45, 7) is 2.23. The maximum Gasteiger partial charge on any atom is 0.165 e. The topological polar surface area (TPSA) is 52.9 Å². The third-order valence-electron chi connectivity index (χ3n) is 11.4. The van der Waals surface area contributed by atoms with E-state index in [1.807, 2.05) is 6.07 Å². The van der Waals surface area contributed by atoms with Gasteiger partial charge < -0.3 is 14.9 Å². The molecule has 8 atom stereocenters. The van der Waals surface area contributed by atoms with Crippen molar-refractivity contribution in [3.8, 4) is 11.5 Å². The van der Waals surface area contributed by atoms with Gasteiger partial charge >= 0.3 is 0 Å². The average molecular weight is 436 g/mol. The van der Waals surface area contributed by atoms with Crippen LogP contribution in [0.15, 0.2) is 12.1 Å². The van der Waals surface area contributed by atoms with Gasteiger partial charge in [0.2, 0.25) is 0 Å². The summed E-state index contributed by atoms with van der Waals surface area (Å²) >= 11 is 0. The largest absolute Gasteiger partial charge is 0.504 e. The van der Waals surface area contributed by atoms with Crippen molar-refractivity contribution in [2.24, 2.45) is 29.6 Å². The highest BCUT2D eigenvalue weighted by Gasteiger charge is 2.74. The van der Waals surface area contributed by atoms with Gasteiger partial charge in [-0.25, -0.2) is 0 Å². The molecular formula is C28H37NO3. The molecule has 1 spiro atoms. The van der Waals surface area contributed by atoms with Crippen LogP contribution in [0.5, 0.6) is 11.5 Å². The molecule has 1 aromatic carbocycles. The van der Waals surface area contributed by atoms with Gasteiger partial charge in [0.15, 0.2) is 11.5 Å². The number of benzene rings is 1. The highest BCUT2D eigenvalue weighted by Crippen LogP contribution is 2.69. The number of likely N-dealkylation sites (tertiary alicyclic amines) is 1. The summed E-state index contributed by atoms with van der Waals surface area (Å²) in [7, 11) is 0. The van der Waals surface area contributed by atoms with Crippen LogP contribution in [0.25, 0.3) is 0 Å². The highest BCUT2D eigenvalue weighted by atomic mass is 16.5. The monoisotopic (exact) mass is 435 g/mol. The maximum atomic E-state index is 12.8. The lowest BCUT2D eigenvalue weighted by Gasteiger charge is -2.67. The van der Waals surface area contributed by atoms with Crippen molar-refractivity contribution in [2.75, 3.05) is 13.1 Å². The van der Waals surface area contributed by atoms with Crippen molar-refractivity contribution in [2.45, 2.75) is 93.8 Å². The normalized spacial score (nSPS) is 48.4. The van der Waals surface area contributed by atoms with Crippen LogP contribution in [0.2, 0.25) is 0 Å². The van der Waals surface area contributed by atoms with E-state index in [9.17, 15) is 10.2 Å². The van der Waals surface area contributed by atoms with Crippen LogP contribution in [-0.2, 0) is 11.8 Å². The van der Waals surface area contributed by atoms with E-state index in [0.717, 1.165) is 55.9 Å². The Labute approximate surface area is 191 Å². The Bertz CT molecular complexity index is 974. The van der Waals surface area contributed by atoms with Crippen molar-refractivity contribution in [1.29, 1.82) is 0 Å². The number of phenols is 1. The third-order valence-corrected chi connectivity index (χ3v) is 11.4. The smallest absolute Gasteiger partial charge is 0.165 e. The lowest BCUT2D eigenvalue weighted by Crippen LogP contribution is -2.78. The van der Waals surface area contributed by atoms with Gasteiger partial charge in [-0.2, -0.15) is 0 Å². The zero-order valence-corrected chi connectivity index (χ0v) is 19.1. The Hall–Kier alpha value is -1.26. The maximum absolute atomic E-state index is 12.8. The number of hydrogen-bond donors (Lipinski definition) is 2. The van der Waals surface area contributed by atoms with E-state index in [0.29, 0.717) is 11.8 Å². The molecule has 1 aromatic rings. The summed E-state index contributed by atoms with van der Waals surface area (Å²) < 4.78 is 6.82. The standard InChI is InChI=1S/C28H37NO3/c30-22-8-7-19-13-23-28(31)14-20-11-17-3-1-2-4-18(17)12-21(20)26-27(28,24(19)25(22)32-26)9-10-29(23)15-16-5-6-16/h7-8,16-18,20-21,23,26,30-31H,1-6,9-15H2/t17?,18?,20?,21?,23?,26?,27-,28?/m0/s1. The number of rotatable bonds is 2. The second-order valence-electron chi connectivity index (χ2n) is 12.7. The summed E-state index contributed by atoms with van der Waals surface area (Å²) in [6.07, 6.45) is 13.7. The number of aromatic hydroxyl groups is 1. The molecule has 4 heteroatoms. The molecule has 7 unspecified atom stereocenters. The molecule has 4 nitrogen and oxygen atoms in total. The molecule has 0 amide bonds. The molecule has 0 radical (unpaired) electrons. The van der Waals surface area contributed by atoms with Crippen LogP contribution in [0, 0.1) is 29.6 Å². The number of fused-ring (bicyclic) bond motifs is 3. The number of hydrogen-bond acceptors (Lipinski definition) is 4. The molecule has 7 aliphatic rings. The van der Waals surface area contributed by atoms with E-state index < -0.39 is 5.60 Å². The Balaban J connectivity index is 1.28. The SMILES string of the molecule is Oc1ccc2c3c1OC1C4CC5CCCCC5CC4CC4(O)C(C2)N(CC2CC2)CC[C@]314. The molecule has 5 aliphatic carbocycles. The number of aliphatic hydroxyl groups is 1. The molecule has 172 valence electrons. The zero-order chi connectivity index (χ0) is 21.2. The fourth-order valence-electron chi connectivity index (χ4n) is 9.93. The minimum absolute atomic E-state index is 0.0436. The van der Waals surface area contributed by atoms with Crippen LogP contribution >= 0.6 is 0 Å². The van der Waals surface area contributed by atoms with Crippen molar-refractivity contribution < 1.29 is 14.9 Å². The number of phenolic OH excluding ortho intramolecular Hbond substituents is 1. The van der Waals surface area contributed by atoms with Gasteiger partial charge in [0, 0.05) is 24.1 Å². The summed E-state index contributed by atoms with van der Waals surface area (Å²) in [6, 6.07) is 4.19. The molecule has 0 aromatic heterocycles. The van der Waals surface area contributed by atoms with Crippen molar-refractivity contribution in [3.63, 3.8) is 0 Å². The predicted molar refractivity (Wildman–Crippen MR) is 122 cm³/mol. The van der Waals surface area contributed by atoms with E-state index in [1.54, 1.807) is 0 Å². The Morgan fingerprint density at radius 1 is 1.03 bits per heavy atom. The summed E-state index contributed by atoms with van der Waals surface area (Å²) in [5.74, 6) is 4.67. The van der Waals surface area contributed by atoms with Gasteiger partial charge in [-0.3, -0.25) is 4.90 Å². The highest BCUT2D eigenvalue weighted by molar-refractivity contribution is 5.62. The summed E-state index contributed by atoms with van der Waals surface area (Å²) in [5, 5.41) is 23.7. The van der Waals surface area contributed by atoms with Crippen LogP contribution in [0.4, 0.5) is 0 Å². The van der Waals surface area contributed by atoms with Gasteiger partial charge in [0.1, 0.15) is 6.10 Å². The van der Waals surface area contributed by atoms with E-state index >= 15 is 0 Å². The number of ether oxygens (including phenoxy) is 1. The van der Waals surface area contributed by atoms with Gasteiger partial charge in [0.05, 0.1) is 11.0 Å². The summed E-state index contributed by atoms with van der Waals surface area (Å²) in [4.78, 5) is 2.67. The first-order valence-electron chi connectivity index (χ1n) is 13.6. The van der Waals surface area contributed by atoms with Crippen LogP contribution in [0.3, 0.4) is 0 Å². The molecule has 4 saturated carbocycles. The third kappa shape index (κ3) is 2.22. The van der Waals surface area contributed by atoms with Crippen LogP contribution in [0.1, 0.15) is 75.3 Å². The minimum Gasteiger partial charge on any atom is -0.504 e. The molecule has 8 rings (SSSR count). The summed E-state index contributed by atoms with van der Waals surface area (Å²) in [5.41, 5.74) is 1.50. The van der Waals surface area contributed by atoms with Crippen molar-refractivity contribution >= 4 is 0 Å². The predicted octanol–water partition coefficient (Wildman–Crippen LogP) is 4.40. The molecular weight excluding hydrogens is 398 g/mol. The average Bonchev–Trinajstić information content (AvgIpc) is 3.53. The van der Waals surface area contributed by atoms with Gasteiger partial charge in [0.25, 0.3) is 0 Å². The Morgan fingerprint density at radius 2 is 1.84 bits per heavy atom. The molecule has 5 fully saturated rings. The fraction of sp³-hybridized carbons (Fsp3) is 0.786. The second kappa shape index (κ2) is 6.24. The second-order valence-corrected chi connectivity index (χ2v) is 12.7. The van der Waals surface area contributed by atoms with Crippen LogP contribution < -0.4 is 4.74 Å². The molecule has 2 N–H and O–H groups in total. The Kier molecular flexibility index (Phi) is 3.72.